The van der Waals surface area contributed by atoms with Crippen LogP contribution in [-0.2, 0) is 6.42 Å². The molecule has 1 atom stereocenters. The van der Waals surface area contributed by atoms with Crippen LogP contribution in [0.25, 0.3) is 48.1 Å². The number of thiophene rings is 1. The van der Waals surface area contributed by atoms with Crippen LogP contribution in [-0.4, -0.2) is 0 Å². The topological polar surface area (TPSA) is 6.48 Å². The summed E-state index contributed by atoms with van der Waals surface area (Å²) in [4.78, 5) is 4.79. The lowest BCUT2D eigenvalue weighted by Gasteiger charge is -2.30. The summed E-state index contributed by atoms with van der Waals surface area (Å²) in [5, 5.41) is 5.40. The molecule has 1 heterocycles. The van der Waals surface area contributed by atoms with Crippen molar-refractivity contribution in [1.82, 2.24) is 0 Å². The second-order valence-electron chi connectivity index (χ2n) is 15.2. The van der Waals surface area contributed by atoms with Gasteiger partial charge >= 0.3 is 0 Å². The van der Waals surface area contributed by atoms with E-state index in [1.165, 1.54) is 64.3 Å². The number of hydrogen-bond acceptors (Lipinski definition) is 3. The molecule has 270 valence electrons. The minimum atomic E-state index is 0.507. The lowest BCUT2D eigenvalue weighted by atomic mass is 9.85. The van der Waals surface area contributed by atoms with Gasteiger partial charge < -0.3 is 9.80 Å². The first-order valence-electron chi connectivity index (χ1n) is 19.6. The second-order valence-corrected chi connectivity index (χ2v) is 16.2. The number of nitrogens with zero attached hydrogens (tertiary/aromatic N) is 2. The van der Waals surface area contributed by atoms with Crippen molar-refractivity contribution in [3.05, 3.63) is 198 Å². The van der Waals surface area contributed by atoms with Crippen LogP contribution in [0.15, 0.2) is 176 Å². The molecule has 0 radical (unpaired) electrons. The molecule has 1 aliphatic carbocycles. The van der Waals surface area contributed by atoms with Gasteiger partial charge in [-0.15, -0.1) is 11.3 Å². The highest BCUT2D eigenvalue weighted by molar-refractivity contribution is 7.26. The summed E-state index contributed by atoms with van der Waals surface area (Å²) in [6, 6.07) is 62.4. The maximum absolute atomic E-state index is 2.41. The van der Waals surface area contributed by atoms with E-state index in [0.717, 1.165) is 40.5 Å². The van der Waals surface area contributed by atoms with Crippen LogP contribution in [0.4, 0.5) is 34.1 Å². The predicted molar refractivity (Wildman–Crippen MR) is 243 cm³/mol. The molecule has 0 saturated carbocycles. The van der Waals surface area contributed by atoms with Gasteiger partial charge in [-0.3, -0.25) is 0 Å². The molecule has 1 aliphatic rings. The summed E-state index contributed by atoms with van der Waals surface area (Å²) >= 11 is 1.97. The quantitative estimate of drug-likeness (QED) is 0.161. The van der Waals surface area contributed by atoms with Crippen LogP contribution in [0, 0.1) is 19.8 Å². The van der Waals surface area contributed by atoms with Crippen LogP contribution >= 0.6 is 11.3 Å². The molecule has 8 aromatic carbocycles. The van der Waals surface area contributed by atoms with Gasteiger partial charge in [0.2, 0.25) is 0 Å². The van der Waals surface area contributed by atoms with Crippen molar-refractivity contribution in [2.24, 2.45) is 5.92 Å². The number of allylic oxidation sites excluding steroid dienone is 1. The zero-order chi connectivity index (χ0) is 37.8. The highest BCUT2D eigenvalue weighted by Crippen LogP contribution is 2.49. The smallest absolute Gasteiger partial charge is 0.0488 e. The Balaban J connectivity index is 1.28. The van der Waals surface area contributed by atoms with Crippen molar-refractivity contribution < 1.29 is 0 Å². The van der Waals surface area contributed by atoms with Crippen molar-refractivity contribution in [3.8, 4) is 11.1 Å². The van der Waals surface area contributed by atoms with Crippen molar-refractivity contribution in [3.63, 3.8) is 0 Å². The van der Waals surface area contributed by atoms with Crippen LogP contribution in [0.2, 0.25) is 0 Å². The Labute approximate surface area is 333 Å². The van der Waals surface area contributed by atoms with Gasteiger partial charge in [-0.1, -0.05) is 133 Å². The van der Waals surface area contributed by atoms with Gasteiger partial charge in [0.25, 0.3) is 0 Å². The standard InChI is InChI=1S/C53H42N2S/c1-35-21-26-41(27-22-35)55(42-28-23-36(2)24-29-42)44-33-38(32-43(34-44)54(39-13-6-4-7-14-39)40-15-8-5-9-16-40)45-19-12-20-49-51-48-18-11-10-17-46(48)47-30-25-37(3)31-50(47)53(51)56-52(45)49/h4-30,32-34,37H,31H2,1-3H3. The molecule has 1 aromatic heterocycles. The molecule has 56 heavy (non-hydrogen) atoms. The van der Waals surface area contributed by atoms with Gasteiger partial charge in [0.1, 0.15) is 0 Å². The number of anilines is 6. The number of para-hydroxylation sites is 2. The van der Waals surface area contributed by atoms with Crippen molar-refractivity contribution >= 4 is 82.5 Å². The van der Waals surface area contributed by atoms with E-state index in [9.17, 15) is 0 Å². The zero-order valence-corrected chi connectivity index (χ0v) is 32.7. The molecule has 0 amide bonds. The van der Waals surface area contributed by atoms with Crippen LogP contribution in [0.5, 0.6) is 0 Å². The lowest BCUT2D eigenvalue weighted by Crippen LogP contribution is -2.13. The third-order valence-corrected chi connectivity index (χ3v) is 12.6. The highest BCUT2D eigenvalue weighted by Gasteiger charge is 2.24. The molecule has 0 saturated heterocycles. The zero-order valence-electron chi connectivity index (χ0n) is 31.9. The van der Waals surface area contributed by atoms with Gasteiger partial charge in [0, 0.05) is 54.3 Å². The predicted octanol–water partition coefficient (Wildman–Crippen LogP) is 15.6. The average molecular weight is 739 g/mol. The van der Waals surface area contributed by atoms with E-state index in [0.29, 0.717) is 5.92 Å². The molecule has 0 spiro atoms. The van der Waals surface area contributed by atoms with E-state index in [-0.39, 0.29) is 0 Å². The molecule has 1 unspecified atom stereocenters. The van der Waals surface area contributed by atoms with E-state index in [2.05, 4.69) is 213 Å². The number of fused-ring (bicyclic) bond motifs is 8. The lowest BCUT2D eigenvalue weighted by molar-refractivity contribution is 0.723. The first kappa shape index (κ1) is 34.1. The van der Waals surface area contributed by atoms with Gasteiger partial charge in [-0.05, 0) is 126 Å². The normalized spacial score (nSPS) is 13.7. The molecule has 0 bridgehead atoms. The molecule has 0 aliphatic heterocycles. The maximum atomic E-state index is 2.41. The van der Waals surface area contributed by atoms with E-state index >= 15 is 0 Å². The van der Waals surface area contributed by atoms with Gasteiger partial charge in [0.05, 0.1) is 0 Å². The SMILES string of the molecule is Cc1ccc(N(c2ccc(C)cc2)c2cc(-c3cccc4c3sc3c5c(c6ccccc6c34)C=CC(C)C5)cc(N(c3ccccc3)c3ccccc3)c2)cc1. The van der Waals surface area contributed by atoms with E-state index in [1.807, 2.05) is 11.3 Å². The fraction of sp³-hybridized carbons (Fsp3) is 0.0943. The Kier molecular flexibility index (Phi) is 8.53. The Morgan fingerprint density at radius 3 is 1.59 bits per heavy atom. The molecule has 2 nitrogen and oxygen atoms in total. The average Bonchev–Trinajstić information content (AvgIpc) is 3.64. The Morgan fingerprint density at radius 1 is 0.482 bits per heavy atom. The summed E-state index contributed by atoms with van der Waals surface area (Å²) in [7, 11) is 0. The van der Waals surface area contributed by atoms with Crippen LogP contribution in [0.1, 0.15) is 29.2 Å². The largest absolute Gasteiger partial charge is 0.310 e. The fourth-order valence-electron chi connectivity index (χ4n) is 8.54. The highest BCUT2D eigenvalue weighted by atomic mass is 32.1. The Hall–Kier alpha value is -6.42. The minimum absolute atomic E-state index is 0.507. The molecule has 0 N–H and O–H groups in total. The number of aryl methyl sites for hydroxylation is 2. The van der Waals surface area contributed by atoms with Gasteiger partial charge in [0.15, 0.2) is 0 Å². The van der Waals surface area contributed by atoms with E-state index in [4.69, 9.17) is 0 Å². The summed E-state index contributed by atoms with van der Waals surface area (Å²) < 4.78 is 2.75. The molecule has 3 heteroatoms. The van der Waals surface area contributed by atoms with Crippen molar-refractivity contribution in [1.29, 1.82) is 0 Å². The third kappa shape index (κ3) is 5.96. The summed E-state index contributed by atoms with van der Waals surface area (Å²) in [6.45, 7) is 6.64. The minimum Gasteiger partial charge on any atom is -0.310 e. The maximum Gasteiger partial charge on any atom is 0.0488 e. The number of benzene rings is 8. The molecule has 9 aromatic rings. The molecular weight excluding hydrogens is 697 g/mol. The second kappa shape index (κ2) is 14.0. The Morgan fingerprint density at radius 2 is 1.00 bits per heavy atom. The first-order chi connectivity index (χ1) is 27.5. The Bertz CT molecular complexity index is 2820. The van der Waals surface area contributed by atoms with Crippen molar-refractivity contribution in [2.45, 2.75) is 27.2 Å². The van der Waals surface area contributed by atoms with Gasteiger partial charge in [-0.2, -0.15) is 0 Å². The monoisotopic (exact) mass is 738 g/mol. The van der Waals surface area contributed by atoms with Crippen molar-refractivity contribution in [2.75, 3.05) is 9.80 Å². The van der Waals surface area contributed by atoms with E-state index < -0.39 is 0 Å². The van der Waals surface area contributed by atoms with Crippen LogP contribution in [0.3, 0.4) is 0 Å². The number of hydrogen-bond donors (Lipinski definition) is 0. The summed E-state index contributed by atoms with van der Waals surface area (Å²) in [5.74, 6) is 0.507. The van der Waals surface area contributed by atoms with Crippen LogP contribution < -0.4 is 9.80 Å². The fourth-order valence-corrected chi connectivity index (χ4v) is 9.95. The molecular formula is C53H42N2S. The van der Waals surface area contributed by atoms with Gasteiger partial charge in [-0.25, -0.2) is 0 Å². The third-order valence-electron chi connectivity index (χ3n) is 11.3. The molecule has 0 fully saturated rings. The first-order valence-corrected chi connectivity index (χ1v) is 20.4. The van der Waals surface area contributed by atoms with E-state index in [1.54, 1.807) is 0 Å². The summed E-state index contributed by atoms with van der Waals surface area (Å²) in [6.07, 6.45) is 5.81. The summed E-state index contributed by atoms with van der Waals surface area (Å²) in [5.41, 5.74) is 14.4. The number of rotatable bonds is 7. The molecule has 10 rings (SSSR count).